The Hall–Kier alpha value is -3.81. The first kappa shape index (κ1) is 23.6. The van der Waals surface area contributed by atoms with Crippen LogP contribution in [-0.4, -0.2) is 63.6 Å². The van der Waals surface area contributed by atoms with Crippen molar-refractivity contribution in [3.05, 3.63) is 83.7 Å². The van der Waals surface area contributed by atoms with Crippen LogP contribution in [0.5, 0.6) is 0 Å². The lowest BCUT2D eigenvalue weighted by Gasteiger charge is -2.26. The molecule has 1 aliphatic heterocycles. The number of aromatic nitrogens is 3. The first-order chi connectivity index (χ1) is 18.3. The Balaban J connectivity index is 1.26. The standard InChI is InChI=1S/C30H31N5O2/c36-34-27-10-8-24-20-25(7-9-26(24)27)29-28(22-11-13-31-14-12-22)32-30(33-29)23-5-3-21(4-6-23)2-1-15-35-16-18-37-19-17-35/h3-7,9,11-14,20,36H,1-2,8,10,15-19H2,(H,32,33)/b34-27+. The van der Waals surface area contributed by atoms with Crippen molar-refractivity contribution in [1.29, 1.82) is 0 Å². The van der Waals surface area contributed by atoms with Gasteiger partial charge in [0.05, 0.1) is 30.3 Å². The zero-order chi connectivity index (χ0) is 25.0. The van der Waals surface area contributed by atoms with Gasteiger partial charge in [-0.1, -0.05) is 41.6 Å². The van der Waals surface area contributed by atoms with E-state index in [0.29, 0.717) is 0 Å². The molecule has 2 aliphatic rings. The van der Waals surface area contributed by atoms with E-state index >= 15 is 0 Å². The summed E-state index contributed by atoms with van der Waals surface area (Å²) in [6, 6.07) is 19.1. The van der Waals surface area contributed by atoms with E-state index < -0.39 is 0 Å². The van der Waals surface area contributed by atoms with Gasteiger partial charge < -0.3 is 14.9 Å². The molecule has 0 amide bonds. The second-order valence-corrected chi connectivity index (χ2v) is 9.72. The fourth-order valence-electron chi connectivity index (χ4n) is 5.33. The smallest absolute Gasteiger partial charge is 0.138 e. The van der Waals surface area contributed by atoms with E-state index in [4.69, 9.17) is 9.72 Å². The molecule has 0 bridgehead atoms. The van der Waals surface area contributed by atoms with Gasteiger partial charge in [0.2, 0.25) is 0 Å². The van der Waals surface area contributed by atoms with Crippen LogP contribution in [0.15, 0.2) is 72.1 Å². The molecule has 0 atom stereocenters. The highest BCUT2D eigenvalue weighted by atomic mass is 16.5. The van der Waals surface area contributed by atoms with Crippen molar-refractivity contribution in [2.45, 2.75) is 25.7 Å². The largest absolute Gasteiger partial charge is 0.411 e. The van der Waals surface area contributed by atoms with E-state index in [-0.39, 0.29) is 0 Å². The van der Waals surface area contributed by atoms with Gasteiger partial charge in [-0.2, -0.15) is 0 Å². The van der Waals surface area contributed by atoms with Gasteiger partial charge >= 0.3 is 0 Å². The number of aromatic amines is 1. The van der Waals surface area contributed by atoms with Crippen molar-refractivity contribution >= 4 is 5.71 Å². The van der Waals surface area contributed by atoms with Crippen LogP contribution in [0.4, 0.5) is 0 Å². The van der Waals surface area contributed by atoms with Gasteiger partial charge in [0.15, 0.2) is 0 Å². The van der Waals surface area contributed by atoms with Gasteiger partial charge in [0.1, 0.15) is 5.82 Å². The summed E-state index contributed by atoms with van der Waals surface area (Å²) < 4.78 is 5.45. The summed E-state index contributed by atoms with van der Waals surface area (Å²) in [5.74, 6) is 0.847. The molecule has 0 saturated carbocycles. The van der Waals surface area contributed by atoms with Crippen LogP contribution in [0.2, 0.25) is 0 Å². The minimum atomic E-state index is 0.753. The highest BCUT2D eigenvalue weighted by Gasteiger charge is 2.21. The monoisotopic (exact) mass is 493 g/mol. The maximum absolute atomic E-state index is 9.31. The lowest BCUT2D eigenvalue weighted by atomic mass is 10.0. The number of nitrogens with zero attached hydrogens (tertiary/aromatic N) is 4. The molecule has 0 spiro atoms. The number of fused-ring (bicyclic) bond motifs is 1. The summed E-state index contributed by atoms with van der Waals surface area (Å²) in [6.45, 7) is 4.91. The quantitative estimate of drug-likeness (QED) is 0.273. The second kappa shape index (κ2) is 10.7. The lowest BCUT2D eigenvalue weighted by molar-refractivity contribution is 0.0375. The Kier molecular flexibility index (Phi) is 6.80. The number of rotatable bonds is 7. The normalized spacial score (nSPS) is 16.8. The lowest BCUT2D eigenvalue weighted by Crippen LogP contribution is -2.36. The molecule has 1 fully saturated rings. The van der Waals surface area contributed by atoms with Gasteiger partial charge in [-0.05, 0) is 61.6 Å². The Morgan fingerprint density at radius 3 is 2.49 bits per heavy atom. The highest BCUT2D eigenvalue weighted by molar-refractivity contribution is 6.04. The van der Waals surface area contributed by atoms with E-state index in [1.807, 2.05) is 18.2 Å². The van der Waals surface area contributed by atoms with E-state index in [1.165, 1.54) is 11.1 Å². The van der Waals surface area contributed by atoms with E-state index in [2.05, 4.69) is 56.4 Å². The molecular weight excluding hydrogens is 462 g/mol. The zero-order valence-corrected chi connectivity index (χ0v) is 20.9. The number of ether oxygens (including phenoxy) is 1. The van der Waals surface area contributed by atoms with E-state index in [9.17, 15) is 5.21 Å². The molecule has 1 saturated heterocycles. The van der Waals surface area contributed by atoms with Gasteiger partial charge in [0, 0.05) is 47.7 Å². The molecule has 2 aromatic heterocycles. The third-order valence-corrected chi connectivity index (χ3v) is 7.39. The van der Waals surface area contributed by atoms with Crippen LogP contribution >= 0.6 is 0 Å². The summed E-state index contributed by atoms with van der Waals surface area (Å²) >= 11 is 0. The van der Waals surface area contributed by atoms with Gasteiger partial charge in [-0.25, -0.2) is 4.98 Å². The topological polar surface area (TPSA) is 86.6 Å². The van der Waals surface area contributed by atoms with Crippen molar-refractivity contribution in [3.63, 3.8) is 0 Å². The molecule has 188 valence electrons. The summed E-state index contributed by atoms with van der Waals surface area (Å²) in [6.07, 6.45) is 7.46. The van der Waals surface area contributed by atoms with Crippen LogP contribution < -0.4 is 0 Å². The van der Waals surface area contributed by atoms with Crippen LogP contribution in [0, 0.1) is 0 Å². The molecule has 4 aromatic rings. The Morgan fingerprint density at radius 2 is 1.70 bits per heavy atom. The number of oxime groups is 1. The molecule has 6 rings (SSSR count). The minimum Gasteiger partial charge on any atom is -0.411 e. The number of imidazole rings is 1. The SMILES string of the molecule is O/N=C1\CCc2cc(-c3nc(-c4ccc(CCCN5CCOCC5)cc4)[nH]c3-c3ccncc3)ccc21. The number of H-pyrrole nitrogens is 1. The molecule has 3 heterocycles. The Bertz CT molecular complexity index is 1390. The number of hydrogen-bond acceptors (Lipinski definition) is 6. The number of benzene rings is 2. The number of hydrogen-bond donors (Lipinski definition) is 2. The minimum absolute atomic E-state index is 0.753. The number of morpholine rings is 1. The molecule has 0 radical (unpaired) electrons. The average molecular weight is 494 g/mol. The fourth-order valence-corrected chi connectivity index (χ4v) is 5.33. The molecule has 2 N–H and O–H groups in total. The maximum Gasteiger partial charge on any atom is 0.138 e. The van der Waals surface area contributed by atoms with Crippen molar-refractivity contribution in [2.75, 3.05) is 32.8 Å². The first-order valence-corrected chi connectivity index (χ1v) is 13.0. The number of aryl methyl sites for hydroxylation is 2. The van der Waals surface area contributed by atoms with Crippen LogP contribution in [0.1, 0.15) is 29.5 Å². The molecule has 7 heteroatoms. The second-order valence-electron chi connectivity index (χ2n) is 9.72. The third kappa shape index (κ3) is 5.05. The first-order valence-electron chi connectivity index (χ1n) is 13.0. The Labute approximate surface area is 216 Å². The van der Waals surface area contributed by atoms with Crippen molar-refractivity contribution in [1.82, 2.24) is 19.9 Å². The van der Waals surface area contributed by atoms with Crippen molar-refractivity contribution < 1.29 is 9.94 Å². The van der Waals surface area contributed by atoms with Crippen molar-refractivity contribution in [2.24, 2.45) is 5.16 Å². The van der Waals surface area contributed by atoms with Crippen LogP contribution in [0.3, 0.4) is 0 Å². The molecule has 2 aromatic carbocycles. The van der Waals surface area contributed by atoms with Gasteiger partial charge in [-0.3, -0.25) is 9.88 Å². The third-order valence-electron chi connectivity index (χ3n) is 7.39. The van der Waals surface area contributed by atoms with Crippen LogP contribution in [-0.2, 0) is 17.6 Å². The predicted molar refractivity (Wildman–Crippen MR) is 145 cm³/mol. The van der Waals surface area contributed by atoms with E-state index in [1.54, 1.807) is 12.4 Å². The zero-order valence-electron chi connectivity index (χ0n) is 20.9. The maximum atomic E-state index is 9.31. The average Bonchev–Trinajstić information content (AvgIpc) is 3.59. The summed E-state index contributed by atoms with van der Waals surface area (Å²) in [5, 5.41) is 12.8. The van der Waals surface area contributed by atoms with Crippen molar-refractivity contribution in [3.8, 4) is 33.9 Å². The van der Waals surface area contributed by atoms with Crippen LogP contribution in [0.25, 0.3) is 33.9 Å². The summed E-state index contributed by atoms with van der Waals surface area (Å²) in [4.78, 5) is 15.3. The Morgan fingerprint density at radius 1 is 0.919 bits per heavy atom. The molecule has 0 unspecified atom stereocenters. The molecule has 37 heavy (non-hydrogen) atoms. The molecule has 7 nitrogen and oxygen atoms in total. The highest BCUT2D eigenvalue weighted by Crippen LogP contribution is 2.35. The van der Waals surface area contributed by atoms with E-state index in [0.717, 1.165) is 104 Å². The summed E-state index contributed by atoms with van der Waals surface area (Å²) in [7, 11) is 0. The number of pyridine rings is 1. The van der Waals surface area contributed by atoms with Gasteiger partial charge in [0.25, 0.3) is 0 Å². The van der Waals surface area contributed by atoms with Gasteiger partial charge in [-0.15, -0.1) is 0 Å². The predicted octanol–water partition coefficient (Wildman–Crippen LogP) is 5.20. The fraction of sp³-hybridized carbons (Fsp3) is 0.300. The molecular formula is C30H31N5O2. The molecule has 1 aliphatic carbocycles. The number of nitrogens with one attached hydrogen (secondary N) is 1. The summed E-state index contributed by atoms with van der Waals surface area (Å²) in [5.41, 5.74) is 9.35.